The van der Waals surface area contributed by atoms with Crippen LogP contribution in [-0.4, -0.2) is 12.0 Å². The Morgan fingerprint density at radius 3 is 2.65 bits per heavy atom. The normalized spacial score (nSPS) is 21.9. The molecule has 1 aliphatic rings. The van der Waals surface area contributed by atoms with Crippen LogP contribution in [0.5, 0.6) is 5.75 Å². The topological polar surface area (TPSA) is 9.23 Å². The van der Waals surface area contributed by atoms with Crippen molar-refractivity contribution in [1.82, 2.24) is 0 Å². The van der Waals surface area contributed by atoms with Crippen LogP contribution in [0.2, 0.25) is 0 Å². The molecule has 1 nitrogen and oxygen atoms in total. The highest BCUT2D eigenvalue weighted by Gasteiger charge is 2.21. The van der Waals surface area contributed by atoms with Crippen LogP contribution in [0.3, 0.4) is 0 Å². The first kappa shape index (κ1) is 15.3. The zero-order valence-corrected chi connectivity index (χ0v) is 13.0. The molecule has 0 saturated heterocycles. The van der Waals surface area contributed by atoms with Crippen molar-refractivity contribution in [3.05, 3.63) is 29.8 Å². The lowest BCUT2D eigenvalue weighted by Crippen LogP contribution is -2.24. The molecule has 0 unspecified atom stereocenters. The average molecular weight is 291 g/mol. The van der Waals surface area contributed by atoms with Gasteiger partial charge in [0, 0.05) is 12.3 Å². The third-order valence-corrected chi connectivity index (χ3v) is 4.18. The van der Waals surface area contributed by atoms with Crippen LogP contribution in [0.4, 0.5) is 0 Å². The van der Waals surface area contributed by atoms with Crippen molar-refractivity contribution >= 4 is 11.6 Å². The highest BCUT2D eigenvalue weighted by atomic mass is 35.5. The molecule has 0 atom stereocenters. The summed E-state index contributed by atoms with van der Waals surface area (Å²) >= 11 is 5.66. The minimum Gasteiger partial charge on any atom is -0.489 e. The summed E-state index contributed by atoms with van der Waals surface area (Å²) in [6.45, 7) is 2.29. The summed E-state index contributed by atoms with van der Waals surface area (Å²) < 4.78 is 6.17. The summed E-state index contributed by atoms with van der Waals surface area (Å²) in [5, 5.41) is 0. The van der Waals surface area contributed by atoms with Crippen molar-refractivity contribution in [2.24, 2.45) is 5.92 Å². The molecule has 0 spiro atoms. The molecular weight excluding hydrogens is 268 g/mol. The highest BCUT2D eigenvalue weighted by molar-refractivity contribution is 6.18. The van der Waals surface area contributed by atoms with Gasteiger partial charge in [0.15, 0.2) is 0 Å². The zero-order chi connectivity index (χ0) is 14.2. The third-order valence-electron chi connectivity index (χ3n) is 3.99. The molecule has 0 heterocycles. The van der Waals surface area contributed by atoms with Crippen molar-refractivity contribution in [3.8, 4) is 17.6 Å². The van der Waals surface area contributed by atoms with E-state index in [1.165, 1.54) is 32.1 Å². The lowest BCUT2D eigenvalue weighted by molar-refractivity contribution is 0.129. The second kappa shape index (κ2) is 8.22. The fraction of sp³-hybridized carbons (Fsp3) is 0.556. The van der Waals surface area contributed by atoms with Crippen LogP contribution in [0.1, 0.15) is 51.0 Å². The van der Waals surface area contributed by atoms with Crippen molar-refractivity contribution in [3.63, 3.8) is 0 Å². The maximum absolute atomic E-state index is 6.17. The molecule has 1 aromatic rings. The molecule has 1 aliphatic carbocycles. The number of hydrogen-bond donors (Lipinski definition) is 0. The van der Waals surface area contributed by atoms with Gasteiger partial charge in [-0.25, -0.2) is 0 Å². The quantitative estimate of drug-likeness (QED) is 0.559. The zero-order valence-electron chi connectivity index (χ0n) is 12.2. The van der Waals surface area contributed by atoms with E-state index < -0.39 is 0 Å². The number of ether oxygens (including phenoxy) is 1. The lowest BCUT2D eigenvalue weighted by atomic mass is 9.86. The molecule has 1 aromatic carbocycles. The monoisotopic (exact) mass is 290 g/mol. The van der Waals surface area contributed by atoms with Crippen LogP contribution >= 0.6 is 11.6 Å². The maximum atomic E-state index is 6.17. The largest absolute Gasteiger partial charge is 0.489 e. The van der Waals surface area contributed by atoms with Gasteiger partial charge >= 0.3 is 0 Å². The molecule has 0 aliphatic heterocycles. The van der Waals surface area contributed by atoms with E-state index in [0.29, 0.717) is 12.0 Å². The molecule has 1 fully saturated rings. The van der Waals surface area contributed by atoms with Gasteiger partial charge in [0.05, 0.1) is 11.7 Å². The Bertz CT molecular complexity index is 464. The van der Waals surface area contributed by atoms with Gasteiger partial charge < -0.3 is 4.74 Å². The number of benzene rings is 1. The van der Waals surface area contributed by atoms with Crippen molar-refractivity contribution in [2.45, 2.75) is 51.6 Å². The summed E-state index contributed by atoms with van der Waals surface area (Å²) in [7, 11) is 0. The molecule has 0 amide bonds. The predicted octanol–water partition coefficient (Wildman–Crippen LogP) is 5.01. The summed E-state index contributed by atoms with van der Waals surface area (Å²) in [6.07, 6.45) is 7.30. The molecule has 0 aromatic heterocycles. The van der Waals surface area contributed by atoms with Gasteiger partial charge in [0.25, 0.3) is 0 Å². The van der Waals surface area contributed by atoms with Crippen LogP contribution in [-0.2, 0) is 0 Å². The van der Waals surface area contributed by atoms with Gasteiger partial charge in [-0.05, 0) is 43.7 Å². The minimum atomic E-state index is 0.355. The first-order valence-electron chi connectivity index (χ1n) is 7.64. The van der Waals surface area contributed by atoms with E-state index >= 15 is 0 Å². The maximum Gasteiger partial charge on any atom is 0.135 e. The van der Waals surface area contributed by atoms with Gasteiger partial charge in [0.1, 0.15) is 5.75 Å². The molecule has 2 rings (SSSR count). The molecule has 108 valence electrons. The molecule has 20 heavy (non-hydrogen) atoms. The molecule has 1 saturated carbocycles. The van der Waals surface area contributed by atoms with Crippen molar-refractivity contribution in [2.75, 3.05) is 5.88 Å². The number of para-hydroxylation sites is 1. The van der Waals surface area contributed by atoms with E-state index in [9.17, 15) is 0 Å². The second-order valence-corrected chi connectivity index (χ2v) is 5.78. The SMILES string of the molecule is CCC1CCC(Oc2ccccc2C#CCCCl)CC1. The van der Waals surface area contributed by atoms with Gasteiger partial charge in [-0.1, -0.05) is 37.3 Å². The first-order chi connectivity index (χ1) is 9.83. The highest BCUT2D eigenvalue weighted by Crippen LogP contribution is 2.30. The number of alkyl halides is 1. The molecule has 2 heteroatoms. The molecular formula is C18H23ClO. The Hall–Kier alpha value is -1.13. The van der Waals surface area contributed by atoms with E-state index in [2.05, 4.69) is 18.8 Å². The van der Waals surface area contributed by atoms with E-state index in [1.54, 1.807) is 0 Å². The van der Waals surface area contributed by atoms with Crippen molar-refractivity contribution in [1.29, 1.82) is 0 Å². The van der Waals surface area contributed by atoms with Crippen LogP contribution in [0.15, 0.2) is 24.3 Å². The van der Waals surface area contributed by atoms with E-state index in [1.807, 2.05) is 24.3 Å². The molecule has 0 N–H and O–H groups in total. The summed E-state index contributed by atoms with van der Waals surface area (Å²) in [4.78, 5) is 0. The van der Waals surface area contributed by atoms with Gasteiger partial charge in [-0.3, -0.25) is 0 Å². The summed E-state index contributed by atoms with van der Waals surface area (Å²) in [6, 6.07) is 8.07. The van der Waals surface area contributed by atoms with Gasteiger partial charge in [-0.15, -0.1) is 11.6 Å². The average Bonchev–Trinajstić information content (AvgIpc) is 2.50. The fourth-order valence-corrected chi connectivity index (χ4v) is 2.81. The smallest absolute Gasteiger partial charge is 0.135 e. The third kappa shape index (κ3) is 4.46. The standard InChI is InChI=1S/C18H23ClO/c1-2-15-10-12-17(13-11-15)20-18-9-4-3-7-16(18)8-5-6-14-19/h3-4,7,9,15,17H,2,6,10-14H2,1H3. The Labute approximate surface area is 127 Å². The number of hydrogen-bond acceptors (Lipinski definition) is 1. The molecule has 0 bridgehead atoms. The van der Waals surface area contributed by atoms with Gasteiger partial charge in [0.2, 0.25) is 0 Å². The molecule has 0 radical (unpaired) electrons. The van der Waals surface area contributed by atoms with Crippen LogP contribution in [0.25, 0.3) is 0 Å². The van der Waals surface area contributed by atoms with Crippen LogP contribution < -0.4 is 4.74 Å². The van der Waals surface area contributed by atoms with Crippen LogP contribution in [0, 0.1) is 17.8 Å². The predicted molar refractivity (Wildman–Crippen MR) is 85.3 cm³/mol. The second-order valence-electron chi connectivity index (χ2n) is 5.41. The number of rotatable bonds is 4. The lowest BCUT2D eigenvalue weighted by Gasteiger charge is -2.28. The van der Waals surface area contributed by atoms with E-state index in [0.717, 1.165) is 23.7 Å². The number of halogens is 1. The van der Waals surface area contributed by atoms with Crippen molar-refractivity contribution < 1.29 is 4.74 Å². The summed E-state index contributed by atoms with van der Waals surface area (Å²) in [5.41, 5.74) is 0.982. The van der Waals surface area contributed by atoms with E-state index in [4.69, 9.17) is 16.3 Å². The Balaban J connectivity index is 1.98. The summed E-state index contributed by atoms with van der Waals surface area (Å²) in [5.74, 6) is 8.65. The minimum absolute atomic E-state index is 0.355. The van der Waals surface area contributed by atoms with E-state index in [-0.39, 0.29) is 0 Å². The Morgan fingerprint density at radius 2 is 1.95 bits per heavy atom. The fourth-order valence-electron chi connectivity index (χ4n) is 2.72. The Kier molecular flexibility index (Phi) is 6.27. The first-order valence-corrected chi connectivity index (χ1v) is 8.17. The van der Waals surface area contributed by atoms with Gasteiger partial charge in [-0.2, -0.15) is 0 Å². The Morgan fingerprint density at radius 1 is 1.20 bits per heavy atom.